The number of aliphatic hydroxyl groups is 1. The number of hydrogen-bond acceptors (Lipinski definition) is 4. The third-order valence-corrected chi connectivity index (χ3v) is 3.03. The maximum atomic E-state index is 9.10. The highest BCUT2D eigenvalue weighted by Gasteiger charge is 2.30. The van der Waals surface area contributed by atoms with Crippen molar-refractivity contribution in [3.8, 4) is 0 Å². The number of aromatic nitrogens is 2. The first-order valence-electron chi connectivity index (χ1n) is 6.03. The van der Waals surface area contributed by atoms with Crippen LogP contribution >= 0.6 is 11.6 Å². The minimum absolute atomic E-state index is 0.134. The molecule has 0 aromatic carbocycles. The highest BCUT2D eigenvalue weighted by molar-refractivity contribution is 6.29. The second-order valence-corrected chi connectivity index (χ2v) is 5.10. The van der Waals surface area contributed by atoms with Crippen LogP contribution in [0.2, 0.25) is 5.15 Å². The van der Waals surface area contributed by atoms with E-state index in [4.69, 9.17) is 16.7 Å². The zero-order valence-corrected chi connectivity index (χ0v) is 11.0. The van der Waals surface area contributed by atoms with Crippen LogP contribution in [-0.4, -0.2) is 34.3 Å². The van der Waals surface area contributed by atoms with Crippen molar-refractivity contribution < 1.29 is 5.11 Å². The Kier molecular flexibility index (Phi) is 3.84. The Labute approximate surface area is 107 Å². The zero-order valence-electron chi connectivity index (χ0n) is 10.2. The highest BCUT2D eigenvalue weighted by Crippen LogP contribution is 2.31. The highest BCUT2D eigenvalue weighted by atomic mass is 35.5. The topological polar surface area (TPSA) is 49.2 Å². The fourth-order valence-electron chi connectivity index (χ4n) is 1.81. The molecule has 0 bridgehead atoms. The molecule has 0 radical (unpaired) electrons. The number of anilines is 1. The molecular weight excluding hydrogens is 238 g/mol. The molecule has 1 saturated carbocycles. The van der Waals surface area contributed by atoms with Crippen LogP contribution in [0.1, 0.15) is 38.4 Å². The van der Waals surface area contributed by atoms with Gasteiger partial charge in [-0.1, -0.05) is 25.4 Å². The van der Waals surface area contributed by atoms with Gasteiger partial charge in [0.05, 0.1) is 6.61 Å². The number of halogens is 1. The molecule has 0 saturated heterocycles. The van der Waals surface area contributed by atoms with Crippen LogP contribution in [0.5, 0.6) is 0 Å². The van der Waals surface area contributed by atoms with Crippen molar-refractivity contribution >= 4 is 17.4 Å². The first-order valence-corrected chi connectivity index (χ1v) is 6.41. The maximum Gasteiger partial charge on any atom is 0.135 e. The van der Waals surface area contributed by atoms with Gasteiger partial charge in [-0.25, -0.2) is 9.97 Å². The molecule has 0 atom stereocenters. The van der Waals surface area contributed by atoms with Crippen LogP contribution in [0, 0.1) is 0 Å². The molecule has 0 amide bonds. The fraction of sp³-hybridized carbons (Fsp3) is 0.667. The lowest BCUT2D eigenvalue weighted by molar-refractivity contribution is 0.301. The van der Waals surface area contributed by atoms with Gasteiger partial charge < -0.3 is 10.0 Å². The Hall–Kier alpha value is -0.870. The SMILES string of the molecule is CC(C)c1nc(Cl)cc(N(CCO)C2CC2)n1. The summed E-state index contributed by atoms with van der Waals surface area (Å²) in [6.07, 6.45) is 2.33. The second kappa shape index (κ2) is 5.19. The van der Waals surface area contributed by atoms with Crippen LogP contribution in [-0.2, 0) is 0 Å². The van der Waals surface area contributed by atoms with Gasteiger partial charge in [0.1, 0.15) is 16.8 Å². The predicted octanol–water partition coefficient (Wildman–Crippen LogP) is 2.21. The van der Waals surface area contributed by atoms with Crippen molar-refractivity contribution in [3.05, 3.63) is 17.0 Å². The third-order valence-electron chi connectivity index (χ3n) is 2.84. The van der Waals surface area contributed by atoms with Crippen molar-refractivity contribution in [2.75, 3.05) is 18.1 Å². The molecule has 1 aliphatic rings. The summed E-state index contributed by atoms with van der Waals surface area (Å²) in [5, 5.41) is 9.58. The van der Waals surface area contributed by atoms with E-state index in [1.807, 2.05) is 13.8 Å². The molecule has 0 aliphatic heterocycles. The smallest absolute Gasteiger partial charge is 0.135 e. The average Bonchev–Trinajstić information content (AvgIpc) is 3.08. The summed E-state index contributed by atoms with van der Waals surface area (Å²) < 4.78 is 0. The summed E-state index contributed by atoms with van der Waals surface area (Å²) in [4.78, 5) is 10.9. The van der Waals surface area contributed by atoms with Crippen LogP contribution in [0.4, 0.5) is 5.82 Å². The molecule has 1 aliphatic carbocycles. The molecule has 17 heavy (non-hydrogen) atoms. The fourth-order valence-corrected chi connectivity index (χ4v) is 1.99. The van der Waals surface area contributed by atoms with E-state index in [1.54, 1.807) is 6.07 Å². The van der Waals surface area contributed by atoms with Gasteiger partial charge >= 0.3 is 0 Å². The number of hydrogen-bond donors (Lipinski definition) is 1. The Bertz CT molecular complexity index is 393. The van der Waals surface area contributed by atoms with Crippen LogP contribution in [0.3, 0.4) is 0 Å². The summed E-state index contributed by atoms with van der Waals surface area (Å²) >= 11 is 6.02. The van der Waals surface area contributed by atoms with Crippen LogP contribution in [0.25, 0.3) is 0 Å². The lowest BCUT2D eigenvalue weighted by atomic mass is 10.2. The van der Waals surface area contributed by atoms with E-state index in [1.165, 1.54) is 12.8 Å². The molecule has 1 aromatic heterocycles. The lowest BCUT2D eigenvalue weighted by Gasteiger charge is -2.23. The van der Waals surface area contributed by atoms with E-state index in [9.17, 15) is 0 Å². The van der Waals surface area contributed by atoms with Gasteiger partial charge in [-0.05, 0) is 12.8 Å². The molecule has 5 heteroatoms. The molecule has 1 heterocycles. The van der Waals surface area contributed by atoms with E-state index in [-0.39, 0.29) is 12.5 Å². The van der Waals surface area contributed by atoms with Gasteiger partial charge in [-0.3, -0.25) is 0 Å². The Morgan fingerprint density at radius 1 is 1.47 bits per heavy atom. The van der Waals surface area contributed by atoms with Crippen molar-refractivity contribution in [1.82, 2.24) is 9.97 Å². The quantitative estimate of drug-likeness (QED) is 0.820. The maximum absolute atomic E-state index is 9.10. The molecule has 1 fully saturated rings. The molecule has 4 nitrogen and oxygen atoms in total. The monoisotopic (exact) mass is 255 g/mol. The van der Waals surface area contributed by atoms with Gasteiger partial charge in [0.15, 0.2) is 0 Å². The molecule has 0 spiro atoms. The van der Waals surface area contributed by atoms with Crippen molar-refractivity contribution in [1.29, 1.82) is 0 Å². The number of nitrogens with zero attached hydrogens (tertiary/aromatic N) is 3. The third kappa shape index (κ3) is 3.07. The van der Waals surface area contributed by atoms with Gasteiger partial charge in [-0.2, -0.15) is 0 Å². The molecule has 0 unspecified atom stereocenters. The summed E-state index contributed by atoms with van der Waals surface area (Å²) in [5.74, 6) is 1.85. The first-order chi connectivity index (χ1) is 8.11. The molecule has 94 valence electrons. The Morgan fingerprint density at radius 2 is 2.18 bits per heavy atom. The molecule has 2 rings (SSSR count). The van der Waals surface area contributed by atoms with Gasteiger partial charge in [0, 0.05) is 24.6 Å². The standard InChI is InChI=1S/C12H18ClN3O/c1-8(2)12-14-10(13)7-11(15-12)16(5-6-17)9-3-4-9/h7-9,17H,3-6H2,1-2H3. The van der Waals surface area contributed by atoms with E-state index < -0.39 is 0 Å². The van der Waals surface area contributed by atoms with E-state index >= 15 is 0 Å². The van der Waals surface area contributed by atoms with Gasteiger partial charge in [-0.15, -0.1) is 0 Å². The summed E-state index contributed by atoms with van der Waals surface area (Å²) in [6, 6.07) is 2.29. The molecule has 1 aromatic rings. The summed E-state index contributed by atoms with van der Waals surface area (Å²) in [6.45, 7) is 4.83. The number of rotatable bonds is 5. The normalized spacial score (nSPS) is 15.4. The minimum atomic E-state index is 0.134. The largest absolute Gasteiger partial charge is 0.395 e. The Balaban J connectivity index is 2.28. The number of aliphatic hydroxyl groups excluding tert-OH is 1. The second-order valence-electron chi connectivity index (χ2n) is 4.71. The van der Waals surface area contributed by atoms with Gasteiger partial charge in [0.25, 0.3) is 0 Å². The van der Waals surface area contributed by atoms with Crippen molar-refractivity contribution in [2.24, 2.45) is 0 Å². The Morgan fingerprint density at radius 3 is 2.71 bits per heavy atom. The van der Waals surface area contributed by atoms with Crippen LogP contribution < -0.4 is 4.90 Å². The van der Waals surface area contributed by atoms with E-state index in [0.29, 0.717) is 17.7 Å². The van der Waals surface area contributed by atoms with E-state index in [2.05, 4.69) is 14.9 Å². The summed E-state index contributed by atoms with van der Waals surface area (Å²) in [5.41, 5.74) is 0. The minimum Gasteiger partial charge on any atom is -0.395 e. The van der Waals surface area contributed by atoms with E-state index in [0.717, 1.165) is 11.6 Å². The summed E-state index contributed by atoms with van der Waals surface area (Å²) in [7, 11) is 0. The van der Waals surface area contributed by atoms with Crippen molar-refractivity contribution in [2.45, 2.75) is 38.6 Å². The van der Waals surface area contributed by atoms with Gasteiger partial charge in [0.2, 0.25) is 0 Å². The molecular formula is C12H18ClN3O. The predicted molar refractivity (Wildman–Crippen MR) is 68.6 cm³/mol. The average molecular weight is 256 g/mol. The van der Waals surface area contributed by atoms with Crippen molar-refractivity contribution in [3.63, 3.8) is 0 Å². The lowest BCUT2D eigenvalue weighted by Crippen LogP contribution is -2.30. The van der Waals surface area contributed by atoms with Crippen LogP contribution in [0.15, 0.2) is 6.07 Å². The first kappa shape index (κ1) is 12.6. The zero-order chi connectivity index (χ0) is 12.4. The molecule has 1 N–H and O–H groups in total.